The molecule has 0 amide bonds. The van der Waals surface area contributed by atoms with Crippen molar-refractivity contribution in [3.8, 4) is 11.5 Å². The smallest absolute Gasteiger partial charge is 0.191 e. The molecule has 3 aromatic rings. The van der Waals surface area contributed by atoms with E-state index in [1.54, 1.807) is 38.6 Å². The van der Waals surface area contributed by atoms with Crippen LogP contribution in [0, 0.1) is 0 Å². The minimum atomic E-state index is -0.755. The van der Waals surface area contributed by atoms with Crippen LogP contribution in [0.1, 0.15) is 29.7 Å². The Balaban J connectivity index is 0.00000385. The van der Waals surface area contributed by atoms with Crippen molar-refractivity contribution in [2.45, 2.75) is 26.1 Å². The number of aromatic nitrogens is 2. The van der Waals surface area contributed by atoms with Gasteiger partial charge in [0, 0.05) is 31.5 Å². The standard InChI is InChI=1S/C24H31N5O3.HI/c1-4-25-24(27-16-23(30)20-12-21(31-2)14-22(13-20)32-3)26-15-18-8-5-6-9-19(18)17-29-11-7-10-28-29;/h5-14,23,30H,4,15-17H2,1-3H3,(H2,25,26,27);1H. The molecule has 3 N–H and O–H groups in total. The molecular weight excluding hydrogens is 533 g/mol. The lowest BCUT2D eigenvalue weighted by molar-refractivity contribution is 0.180. The van der Waals surface area contributed by atoms with Gasteiger partial charge in [0.25, 0.3) is 0 Å². The number of hydrogen-bond acceptors (Lipinski definition) is 5. The van der Waals surface area contributed by atoms with Crippen molar-refractivity contribution in [3.63, 3.8) is 0 Å². The molecule has 1 aromatic heterocycles. The predicted molar refractivity (Wildman–Crippen MR) is 141 cm³/mol. The number of hydrogen-bond donors (Lipinski definition) is 3. The van der Waals surface area contributed by atoms with E-state index in [1.807, 2.05) is 36.0 Å². The summed E-state index contributed by atoms with van der Waals surface area (Å²) in [4.78, 5) is 4.71. The summed E-state index contributed by atoms with van der Waals surface area (Å²) >= 11 is 0. The third-order valence-electron chi connectivity index (χ3n) is 4.98. The second-order valence-corrected chi connectivity index (χ2v) is 7.21. The van der Waals surface area contributed by atoms with Crippen molar-refractivity contribution in [1.82, 2.24) is 20.4 Å². The van der Waals surface area contributed by atoms with E-state index in [0.717, 1.165) is 5.56 Å². The molecule has 33 heavy (non-hydrogen) atoms. The maximum atomic E-state index is 10.7. The molecule has 9 heteroatoms. The molecular formula is C24H32IN5O3. The maximum absolute atomic E-state index is 10.7. The van der Waals surface area contributed by atoms with Crippen LogP contribution in [0.15, 0.2) is 65.9 Å². The average Bonchev–Trinajstić information content (AvgIpc) is 3.34. The van der Waals surface area contributed by atoms with Gasteiger partial charge in [-0.25, -0.2) is 4.99 Å². The molecule has 1 atom stereocenters. The van der Waals surface area contributed by atoms with Crippen molar-refractivity contribution >= 4 is 29.9 Å². The minimum absolute atomic E-state index is 0. The summed E-state index contributed by atoms with van der Waals surface area (Å²) in [5.41, 5.74) is 2.99. The molecule has 0 aliphatic heterocycles. The maximum Gasteiger partial charge on any atom is 0.191 e. The molecule has 0 bridgehead atoms. The topological polar surface area (TPSA) is 92.9 Å². The second kappa shape index (κ2) is 13.7. The number of halogens is 1. The molecule has 1 heterocycles. The molecule has 3 rings (SSSR count). The average molecular weight is 565 g/mol. The third kappa shape index (κ3) is 7.93. The van der Waals surface area contributed by atoms with E-state index in [2.05, 4.69) is 27.9 Å². The zero-order chi connectivity index (χ0) is 22.8. The van der Waals surface area contributed by atoms with Crippen LogP contribution < -0.4 is 20.1 Å². The van der Waals surface area contributed by atoms with E-state index in [0.29, 0.717) is 42.7 Å². The van der Waals surface area contributed by atoms with Gasteiger partial charge in [-0.2, -0.15) is 5.10 Å². The molecule has 1 unspecified atom stereocenters. The van der Waals surface area contributed by atoms with E-state index in [4.69, 9.17) is 14.5 Å². The number of aliphatic imine (C=N–C) groups is 1. The summed E-state index contributed by atoms with van der Waals surface area (Å²) in [5.74, 6) is 1.90. The highest BCUT2D eigenvalue weighted by atomic mass is 127. The van der Waals surface area contributed by atoms with Crippen LogP contribution in [0.3, 0.4) is 0 Å². The van der Waals surface area contributed by atoms with E-state index in [-0.39, 0.29) is 30.5 Å². The molecule has 0 spiro atoms. The van der Waals surface area contributed by atoms with Crippen molar-refractivity contribution in [3.05, 3.63) is 77.6 Å². The van der Waals surface area contributed by atoms with Crippen LogP contribution in [-0.2, 0) is 13.1 Å². The number of ether oxygens (including phenoxy) is 2. The number of nitrogens with zero attached hydrogens (tertiary/aromatic N) is 3. The second-order valence-electron chi connectivity index (χ2n) is 7.21. The molecule has 0 radical (unpaired) electrons. The lowest BCUT2D eigenvalue weighted by Crippen LogP contribution is -2.39. The number of rotatable bonds is 10. The van der Waals surface area contributed by atoms with E-state index in [1.165, 1.54) is 5.56 Å². The Hall–Kier alpha value is -2.79. The van der Waals surface area contributed by atoms with Gasteiger partial charge in [-0.05, 0) is 41.8 Å². The number of aliphatic hydroxyl groups is 1. The Morgan fingerprint density at radius 3 is 2.36 bits per heavy atom. The number of aliphatic hydroxyl groups excluding tert-OH is 1. The SMILES string of the molecule is CCNC(=NCc1ccccc1Cn1cccn1)NCC(O)c1cc(OC)cc(OC)c1.I. The Morgan fingerprint density at radius 1 is 1.06 bits per heavy atom. The zero-order valence-corrected chi connectivity index (χ0v) is 21.5. The Bertz CT molecular complexity index is 989. The minimum Gasteiger partial charge on any atom is -0.497 e. The molecule has 0 aliphatic rings. The fourth-order valence-electron chi connectivity index (χ4n) is 3.27. The predicted octanol–water partition coefficient (Wildman–Crippen LogP) is 3.36. The first-order valence-corrected chi connectivity index (χ1v) is 10.6. The number of methoxy groups -OCH3 is 2. The summed E-state index contributed by atoms with van der Waals surface area (Å²) in [6, 6.07) is 15.5. The van der Waals surface area contributed by atoms with Crippen LogP contribution >= 0.6 is 24.0 Å². The van der Waals surface area contributed by atoms with Crippen molar-refractivity contribution in [2.75, 3.05) is 27.3 Å². The lowest BCUT2D eigenvalue weighted by Gasteiger charge is -2.17. The Morgan fingerprint density at radius 2 is 1.76 bits per heavy atom. The van der Waals surface area contributed by atoms with Crippen molar-refractivity contribution in [2.24, 2.45) is 4.99 Å². The zero-order valence-electron chi connectivity index (χ0n) is 19.2. The van der Waals surface area contributed by atoms with Crippen LogP contribution in [-0.4, -0.2) is 48.2 Å². The van der Waals surface area contributed by atoms with Gasteiger partial charge in [0.05, 0.1) is 33.4 Å². The molecule has 2 aromatic carbocycles. The Kier molecular flexibility index (Phi) is 11.0. The molecule has 0 fully saturated rings. The quantitative estimate of drug-likeness (QED) is 0.199. The lowest BCUT2D eigenvalue weighted by atomic mass is 10.1. The van der Waals surface area contributed by atoms with E-state index in [9.17, 15) is 5.11 Å². The van der Waals surface area contributed by atoms with Gasteiger partial charge in [0.2, 0.25) is 0 Å². The highest BCUT2D eigenvalue weighted by molar-refractivity contribution is 14.0. The molecule has 0 saturated heterocycles. The van der Waals surface area contributed by atoms with Crippen LogP contribution in [0.5, 0.6) is 11.5 Å². The normalized spacial score (nSPS) is 11.9. The van der Waals surface area contributed by atoms with Crippen LogP contribution in [0.4, 0.5) is 0 Å². The fraction of sp³-hybridized carbons (Fsp3) is 0.333. The number of guanidine groups is 1. The van der Waals surface area contributed by atoms with Gasteiger partial charge in [0.1, 0.15) is 11.5 Å². The summed E-state index contributed by atoms with van der Waals surface area (Å²) < 4.78 is 12.5. The first kappa shape index (κ1) is 26.5. The summed E-state index contributed by atoms with van der Waals surface area (Å²) in [5, 5.41) is 21.4. The third-order valence-corrected chi connectivity index (χ3v) is 4.98. The molecule has 0 saturated carbocycles. The van der Waals surface area contributed by atoms with Gasteiger partial charge in [0.15, 0.2) is 5.96 Å². The van der Waals surface area contributed by atoms with Crippen LogP contribution in [0.2, 0.25) is 0 Å². The van der Waals surface area contributed by atoms with E-state index >= 15 is 0 Å². The molecule has 0 aliphatic carbocycles. The van der Waals surface area contributed by atoms with Gasteiger partial charge in [-0.1, -0.05) is 24.3 Å². The van der Waals surface area contributed by atoms with Gasteiger partial charge in [-0.15, -0.1) is 24.0 Å². The van der Waals surface area contributed by atoms with Crippen LogP contribution in [0.25, 0.3) is 0 Å². The highest BCUT2D eigenvalue weighted by Gasteiger charge is 2.12. The highest BCUT2D eigenvalue weighted by Crippen LogP contribution is 2.26. The fourth-order valence-corrected chi connectivity index (χ4v) is 3.27. The largest absolute Gasteiger partial charge is 0.497 e. The number of benzene rings is 2. The summed E-state index contributed by atoms with van der Waals surface area (Å²) in [6.45, 7) is 4.21. The van der Waals surface area contributed by atoms with Gasteiger partial charge in [-0.3, -0.25) is 4.68 Å². The Labute approximate surface area is 212 Å². The van der Waals surface area contributed by atoms with Gasteiger partial charge >= 0.3 is 0 Å². The first-order chi connectivity index (χ1) is 15.6. The molecule has 8 nitrogen and oxygen atoms in total. The first-order valence-electron chi connectivity index (χ1n) is 10.6. The summed E-state index contributed by atoms with van der Waals surface area (Å²) in [6.07, 6.45) is 2.97. The van der Waals surface area contributed by atoms with Crippen molar-refractivity contribution in [1.29, 1.82) is 0 Å². The summed E-state index contributed by atoms with van der Waals surface area (Å²) in [7, 11) is 3.17. The van der Waals surface area contributed by atoms with Crippen molar-refractivity contribution < 1.29 is 14.6 Å². The monoisotopic (exact) mass is 565 g/mol. The number of nitrogens with one attached hydrogen (secondary N) is 2. The van der Waals surface area contributed by atoms with Gasteiger partial charge < -0.3 is 25.2 Å². The molecule has 178 valence electrons. The van der Waals surface area contributed by atoms with E-state index < -0.39 is 6.10 Å².